The van der Waals surface area contributed by atoms with Gasteiger partial charge in [-0.2, -0.15) is 0 Å². The summed E-state index contributed by atoms with van der Waals surface area (Å²) in [4.78, 5) is 7.55. The first kappa shape index (κ1) is 13.4. The summed E-state index contributed by atoms with van der Waals surface area (Å²) < 4.78 is 5.57. The Morgan fingerprint density at radius 2 is 2.35 bits per heavy atom. The van der Waals surface area contributed by atoms with Crippen LogP contribution in [0.3, 0.4) is 0 Å². The zero-order valence-corrected chi connectivity index (χ0v) is 12.3. The predicted octanol–water partition coefficient (Wildman–Crippen LogP) is 3.54. The van der Waals surface area contributed by atoms with E-state index in [1.807, 2.05) is 0 Å². The van der Waals surface area contributed by atoms with Crippen LogP contribution in [-0.4, -0.2) is 30.8 Å². The maximum atomic E-state index is 6.03. The normalized spacial score (nSPS) is 25.3. The van der Waals surface area contributed by atoms with Crippen LogP contribution in [0, 0.1) is 0 Å². The quantitative estimate of drug-likeness (QED) is 0.798. The number of rotatable bonds is 3. The molecule has 1 aromatic rings. The molecule has 0 aromatic carbocycles. The maximum absolute atomic E-state index is 6.03. The van der Waals surface area contributed by atoms with Crippen LogP contribution in [0.25, 0.3) is 0 Å². The second-order valence-electron chi connectivity index (χ2n) is 4.52. The third-order valence-corrected chi connectivity index (χ3v) is 5.15. The van der Waals surface area contributed by atoms with Gasteiger partial charge in [-0.05, 0) is 19.8 Å². The van der Waals surface area contributed by atoms with Crippen molar-refractivity contribution in [2.45, 2.75) is 31.2 Å². The van der Waals surface area contributed by atoms with E-state index in [1.165, 1.54) is 0 Å². The zero-order chi connectivity index (χ0) is 12.5. The lowest BCUT2D eigenvalue weighted by Gasteiger charge is -2.39. The van der Waals surface area contributed by atoms with Crippen molar-refractivity contribution in [2.24, 2.45) is 0 Å². The number of anilines is 1. The standard InChI is InChI=1S/C11H16Cl2N2OS/c1-11(16-2)4-3-5-15(7-11)10-14-9(13)8(6-12)17-10/h3-7H2,1-2H3. The fraction of sp³-hybridized carbons (Fsp3) is 0.727. The van der Waals surface area contributed by atoms with Gasteiger partial charge >= 0.3 is 0 Å². The molecule has 1 fully saturated rings. The molecule has 2 rings (SSSR count). The molecule has 0 aliphatic carbocycles. The molecule has 2 heterocycles. The summed E-state index contributed by atoms with van der Waals surface area (Å²) in [6, 6.07) is 0. The molecule has 0 N–H and O–H groups in total. The number of thiazole rings is 1. The van der Waals surface area contributed by atoms with Gasteiger partial charge in [0.15, 0.2) is 5.13 Å². The second kappa shape index (κ2) is 5.31. The molecule has 0 saturated carbocycles. The Bertz CT molecular complexity index is 399. The van der Waals surface area contributed by atoms with E-state index in [4.69, 9.17) is 27.9 Å². The van der Waals surface area contributed by atoms with Gasteiger partial charge in [0.1, 0.15) is 5.15 Å². The molecule has 17 heavy (non-hydrogen) atoms. The first-order valence-electron chi connectivity index (χ1n) is 5.59. The Kier molecular flexibility index (Phi) is 4.18. The Balaban J connectivity index is 2.16. The van der Waals surface area contributed by atoms with Gasteiger partial charge in [0.2, 0.25) is 0 Å². The summed E-state index contributed by atoms with van der Waals surface area (Å²) in [5, 5.41) is 1.48. The summed E-state index contributed by atoms with van der Waals surface area (Å²) in [7, 11) is 1.77. The SMILES string of the molecule is COC1(C)CCCN(c2nc(Cl)c(CCl)s2)C1. The van der Waals surface area contributed by atoms with E-state index in [-0.39, 0.29) is 5.60 Å². The van der Waals surface area contributed by atoms with Crippen molar-refractivity contribution in [2.75, 3.05) is 25.1 Å². The number of methoxy groups -OCH3 is 1. The van der Waals surface area contributed by atoms with Gasteiger partial charge < -0.3 is 9.64 Å². The monoisotopic (exact) mass is 294 g/mol. The van der Waals surface area contributed by atoms with Crippen LogP contribution in [0.2, 0.25) is 5.15 Å². The molecular formula is C11H16Cl2N2OS. The van der Waals surface area contributed by atoms with Gasteiger partial charge in [0, 0.05) is 20.2 Å². The lowest BCUT2D eigenvalue weighted by molar-refractivity contribution is -0.00466. The molecule has 1 saturated heterocycles. The molecule has 3 nitrogen and oxygen atoms in total. The molecule has 1 aromatic heterocycles. The van der Waals surface area contributed by atoms with Crippen LogP contribution in [0.4, 0.5) is 5.13 Å². The van der Waals surface area contributed by atoms with Gasteiger partial charge in [-0.1, -0.05) is 22.9 Å². The fourth-order valence-electron chi connectivity index (χ4n) is 2.07. The summed E-state index contributed by atoms with van der Waals surface area (Å²) in [5.74, 6) is 0.423. The number of ether oxygens (including phenoxy) is 1. The summed E-state index contributed by atoms with van der Waals surface area (Å²) in [5.41, 5.74) is -0.0858. The van der Waals surface area contributed by atoms with Crippen molar-refractivity contribution in [3.63, 3.8) is 0 Å². The highest BCUT2D eigenvalue weighted by Gasteiger charge is 2.32. The van der Waals surface area contributed by atoms with Crippen LogP contribution >= 0.6 is 34.5 Å². The lowest BCUT2D eigenvalue weighted by Crippen LogP contribution is -2.47. The molecule has 0 radical (unpaired) electrons. The Hall–Kier alpha value is -0.0300. The van der Waals surface area contributed by atoms with Crippen molar-refractivity contribution in [1.29, 1.82) is 0 Å². The lowest BCUT2D eigenvalue weighted by atomic mass is 9.95. The number of hydrogen-bond acceptors (Lipinski definition) is 4. The molecule has 1 atom stereocenters. The Morgan fingerprint density at radius 3 is 2.94 bits per heavy atom. The summed E-state index contributed by atoms with van der Waals surface area (Å²) >= 11 is 13.4. The van der Waals surface area contributed by atoms with Crippen molar-refractivity contribution < 1.29 is 4.74 Å². The maximum Gasteiger partial charge on any atom is 0.187 e. The molecule has 1 aliphatic heterocycles. The average Bonchev–Trinajstić information content (AvgIpc) is 2.71. The Labute approximate surface area is 116 Å². The molecule has 0 amide bonds. The van der Waals surface area contributed by atoms with Gasteiger partial charge in [0.05, 0.1) is 16.4 Å². The smallest absolute Gasteiger partial charge is 0.187 e. The number of piperidine rings is 1. The van der Waals surface area contributed by atoms with Crippen molar-refractivity contribution in [3.8, 4) is 0 Å². The van der Waals surface area contributed by atoms with Crippen molar-refractivity contribution in [3.05, 3.63) is 10.0 Å². The van der Waals surface area contributed by atoms with Crippen LogP contribution in [0.15, 0.2) is 0 Å². The van der Waals surface area contributed by atoms with Crippen LogP contribution < -0.4 is 4.90 Å². The van der Waals surface area contributed by atoms with E-state index in [1.54, 1.807) is 18.4 Å². The minimum atomic E-state index is -0.0858. The van der Waals surface area contributed by atoms with Crippen molar-refractivity contribution in [1.82, 2.24) is 4.98 Å². The van der Waals surface area contributed by atoms with Crippen LogP contribution in [0.5, 0.6) is 0 Å². The predicted molar refractivity (Wildman–Crippen MR) is 73.5 cm³/mol. The third-order valence-electron chi connectivity index (χ3n) is 3.18. The van der Waals surface area contributed by atoms with Crippen LogP contribution in [-0.2, 0) is 10.6 Å². The molecule has 96 valence electrons. The highest BCUT2D eigenvalue weighted by Crippen LogP contribution is 2.34. The summed E-state index contributed by atoms with van der Waals surface area (Å²) in [6.07, 6.45) is 2.19. The second-order valence-corrected chi connectivity index (χ2v) is 6.21. The number of aromatic nitrogens is 1. The fourth-order valence-corrected chi connectivity index (χ4v) is 3.57. The van der Waals surface area contributed by atoms with Crippen molar-refractivity contribution >= 4 is 39.7 Å². The molecule has 1 unspecified atom stereocenters. The summed E-state index contributed by atoms with van der Waals surface area (Å²) in [6.45, 7) is 4.00. The van der Waals surface area contributed by atoms with E-state index in [2.05, 4.69) is 16.8 Å². The number of nitrogens with zero attached hydrogens (tertiary/aromatic N) is 2. The Morgan fingerprint density at radius 1 is 1.59 bits per heavy atom. The number of halogens is 2. The molecule has 6 heteroatoms. The van der Waals surface area contributed by atoms with E-state index in [9.17, 15) is 0 Å². The van der Waals surface area contributed by atoms with E-state index in [0.29, 0.717) is 11.0 Å². The van der Waals surface area contributed by atoms with E-state index < -0.39 is 0 Å². The largest absolute Gasteiger partial charge is 0.377 e. The molecule has 0 spiro atoms. The number of alkyl halides is 1. The minimum Gasteiger partial charge on any atom is -0.377 e. The highest BCUT2D eigenvalue weighted by molar-refractivity contribution is 7.16. The van der Waals surface area contributed by atoms with E-state index in [0.717, 1.165) is 35.9 Å². The number of hydrogen-bond donors (Lipinski definition) is 0. The average molecular weight is 295 g/mol. The van der Waals surface area contributed by atoms with E-state index >= 15 is 0 Å². The van der Waals surface area contributed by atoms with Gasteiger partial charge in [-0.3, -0.25) is 0 Å². The first-order valence-corrected chi connectivity index (χ1v) is 7.32. The first-order chi connectivity index (χ1) is 8.08. The third kappa shape index (κ3) is 2.87. The molecule has 1 aliphatic rings. The minimum absolute atomic E-state index is 0.0858. The van der Waals surface area contributed by atoms with Gasteiger partial charge in [0.25, 0.3) is 0 Å². The highest BCUT2D eigenvalue weighted by atomic mass is 35.5. The zero-order valence-electron chi connectivity index (χ0n) is 10.0. The molecule has 0 bridgehead atoms. The van der Waals surface area contributed by atoms with Gasteiger partial charge in [-0.25, -0.2) is 4.98 Å². The van der Waals surface area contributed by atoms with Gasteiger partial charge in [-0.15, -0.1) is 11.6 Å². The molecular weight excluding hydrogens is 279 g/mol. The topological polar surface area (TPSA) is 25.4 Å². The van der Waals surface area contributed by atoms with Crippen LogP contribution in [0.1, 0.15) is 24.6 Å².